The van der Waals surface area contributed by atoms with Gasteiger partial charge in [0.2, 0.25) is 4.80 Å². The van der Waals surface area contributed by atoms with E-state index in [4.69, 9.17) is 10.4 Å². The molecule has 4 aromatic rings. The van der Waals surface area contributed by atoms with Crippen molar-refractivity contribution in [2.45, 2.75) is 6.92 Å². The predicted octanol–water partition coefficient (Wildman–Crippen LogP) is 5.04. The van der Waals surface area contributed by atoms with Crippen LogP contribution in [0.5, 0.6) is 0 Å². The quantitative estimate of drug-likeness (QED) is 0.458. The van der Waals surface area contributed by atoms with Gasteiger partial charge in [-0.05, 0) is 35.4 Å². The molecule has 5 heteroatoms. The van der Waals surface area contributed by atoms with Gasteiger partial charge < -0.3 is 0 Å². The van der Waals surface area contributed by atoms with Crippen molar-refractivity contribution in [2.24, 2.45) is 10.1 Å². The maximum Gasteiger partial charge on any atom is 0.205 e. The number of nitrogens with zero attached hydrogens (tertiary/aromatic N) is 4. The lowest BCUT2D eigenvalue weighted by Crippen LogP contribution is -2.13. The molecule has 0 bridgehead atoms. The smallest absolute Gasteiger partial charge is 0.205 e. The molecule has 0 saturated heterocycles. The van der Waals surface area contributed by atoms with Gasteiger partial charge in [0.25, 0.3) is 0 Å². The average Bonchev–Trinajstić information content (AvgIpc) is 3.15. The molecule has 0 atom stereocenters. The summed E-state index contributed by atoms with van der Waals surface area (Å²) in [5.74, 6) is 0. The van der Waals surface area contributed by atoms with Crippen LogP contribution >= 0.6 is 11.3 Å². The maximum atomic E-state index is 9.00. The number of benzene rings is 3. The molecule has 28 heavy (non-hydrogen) atoms. The first-order chi connectivity index (χ1) is 13.7. The Labute approximate surface area is 167 Å². The molecule has 4 nitrogen and oxygen atoms in total. The maximum absolute atomic E-state index is 9.00. The van der Waals surface area contributed by atoms with Crippen molar-refractivity contribution < 1.29 is 0 Å². The Balaban J connectivity index is 1.88. The lowest BCUT2D eigenvalue weighted by atomic mass is 10.0. The normalized spacial score (nSPS) is 12.3. The largest absolute Gasteiger partial charge is 0.261 e. The summed E-state index contributed by atoms with van der Waals surface area (Å²) in [4.78, 5) is 5.23. The lowest BCUT2D eigenvalue weighted by molar-refractivity contribution is 0.843. The second-order valence-electron chi connectivity index (χ2n) is 6.34. The molecule has 0 amide bonds. The van der Waals surface area contributed by atoms with Crippen LogP contribution in [0.15, 0.2) is 82.2 Å². The van der Waals surface area contributed by atoms with Crippen molar-refractivity contribution >= 4 is 27.8 Å². The van der Waals surface area contributed by atoms with Crippen LogP contribution < -0.4 is 4.80 Å². The van der Waals surface area contributed by atoms with Gasteiger partial charge >= 0.3 is 0 Å². The van der Waals surface area contributed by atoms with Gasteiger partial charge in [0.05, 0.1) is 23.0 Å². The minimum atomic E-state index is 0.639. The molecule has 0 unspecified atom stereocenters. The Morgan fingerprint density at radius 1 is 1.00 bits per heavy atom. The Morgan fingerprint density at radius 3 is 2.50 bits per heavy atom. The summed E-state index contributed by atoms with van der Waals surface area (Å²) in [6, 6.07) is 24.3. The molecule has 0 aliphatic heterocycles. The predicted molar refractivity (Wildman–Crippen MR) is 116 cm³/mol. The molecule has 0 spiro atoms. The van der Waals surface area contributed by atoms with Crippen molar-refractivity contribution in [2.75, 3.05) is 7.05 Å². The summed E-state index contributed by atoms with van der Waals surface area (Å²) < 4.78 is 1.90. The number of fused-ring (bicyclic) bond motifs is 1. The van der Waals surface area contributed by atoms with Crippen molar-refractivity contribution in [1.29, 1.82) is 5.26 Å². The summed E-state index contributed by atoms with van der Waals surface area (Å²) in [6.07, 6.45) is 0. The van der Waals surface area contributed by atoms with E-state index < -0.39 is 0 Å². The zero-order chi connectivity index (χ0) is 19.5. The zero-order valence-corrected chi connectivity index (χ0v) is 16.4. The first kappa shape index (κ1) is 17.9. The molecule has 0 saturated carbocycles. The van der Waals surface area contributed by atoms with Crippen molar-refractivity contribution in [3.63, 3.8) is 0 Å². The van der Waals surface area contributed by atoms with E-state index in [9.17, 15) is 0 Å². The van der Waals surface area contributed by atoms with Crippen molar-refractivity contribution in [3.8, 4) is 17.3 Å². The summed E-state index contributed by atoms with van der Waals surface area (Å²) in [7, 11) is 1.78. The summed E-state index contributed by atoms with van der Waals surface area (Å²) in [5, 5.41) is 18.3. The second kappa shape index (κ2) is 7.63. The zero-order valence-electron chi connectivity index (χ0n) is 15.6. The number of aromatic nitrogens is 1. The van der Waals surface area contributed by atoms with Crippen LogP contribution in [-0.2, 0) is 0 Å². The fourth-order valence-corrected chi connectivity index (χ4v) is 3.96. The third-order valence-corrected chi connectivity index (χ3v) is 5.53. The fourth-order valence-electron chi connectivity index (χ4n) is 3.18. The van der Waals surface area contributed by atoms with Crippen molar-refractivity contribution in [1.82, 2.24) is 4.68 Å². The molecule has 3 aromatic carbocycles. The standard InChI is InChI=1S/C23H18N4S/c1-16(18-12-10-17(14-24)11-13-18)26-27-22(15-28-23(27)25-2)21-9-5-7-19-6-3-4-8-20(19)21/h3-13,15H,1-2H3. The van der Waals surface area contributed by atoms with E-state index in [0.717, 1.165) is 27.3 Å². The first-order valence-electron chi connectivity index (χ1n) is 8.89. The first-order valence-corrected chi connectivity index (χ1v) is 9.77. The monoisotopic (exact) mass is 382 g/mol. The molecule has 1 aromatic heterocycles. The highest BCUT2D eigenvalue weighted by molar-refractivity contribution is 7.07. The highest BCUT2D eigenvalue weighted by Crippen LogP contribution is 2.29. The van der Waals surface area contributed by atoms with Crippen LogP contribution in [0.4, 0.5) is 0 Å². The number of nitriles is 1. The molecule has 1 heterocycles. The van der Waals surface area contributed by atoms with Gasteiger partial charge in [-0.1, -0.05) is 54.6 Å². The van der Waals surface area contributed by atoms with E-state index in [1.165, 1.54) is 10.8 Å². The highest BCUT2D eigenvalue weighted by Gasteiger charge is 2.11. The number of rotatable bonds is 3. The Bertz CT molecular complexity index is 1280. The fraction of sp³-hybridized carbons (Fsp3) is 0.0870. The van der Waals surface area contributed by atoms with Crippen molar-refractivity contribution in [3.05, 3.63) is 88.0 Å². The van der Waals surface area contributed by atoms with Gasteiger partial charge in [-0.3, -0.25) is 4.99 Å². The minimum Gasteiger partial charge on any atom is -0.261 e. The molecular weight excluding hydrogens is 364 g/mol. The number of hydrogen-bond donors (Lipinski definition) is 0. The Hall–Kier alpha value is -3.49. The van der Waals surface area contributed by atoms with E-state index in [1.807, 2.05) is 41.9 Å². The van der Waals surface area contributed by atoms with Crippen LogP contribution in [0, 0.1) is 11.3 Å². The SMILES string of the molecule is CN=c1scc(-c2cccc3ccccc23)n1N=C(C)c1ccc(C#N)cc1. The van der Waals surface area contributed by atoms with E-state index in [0.29, 0.717) is 5.56 Å². The van der Waals surface area contributed by atoms with Gasteiger partial charge in [-0.25, -0.2) is 4.68 Å². The van der Waals surface area contributed by atoms with Gasteiger partial charge in [-0.2, -0.15) is 10.4 Å². The molecule has 4 rings (SSSR count). The van der Waals surface area contributed by atoms with Gasteiger partial charge in [-0.15, -0.1) is 11.3 Å². The Kier molecular flexibility index (Phi) is 4.88. The van der Waals surface area contributed by atoms with Crippen LogP contribution in [-0.4, -0.2) is 17.4 Å². The Morgan fingerprint density at radius 2 is 1.75 bits per heavy atom. The summed E-state index contributed by atoms with van der Waals surface area (Å²) >= 11 is 1.57. The summed E-state index contributed by atoms with van der Waals surface area (Å²) in [6.45, 7) is 1.97. The van der Waals surface area contributed by atoms with E-state index in [-0.39, 0.29) is 0 Å². The molecule has 0 N–H and O–H groups in total. The van der Waals surface area contributed by atoms with E-state index >= 15 is 0 Å². The topological polar surface area (TPSA) is 53.4 Å². The highest BCUT2D eigenvalue weighted by atomic mass is 32.1. The average molecular weight is 382 g/mol. The number of thiazole rings is 1. The molecule has 0 aliphatic carbocycles. The van der Waals surface area contributed by atoms with Gasteiger partial charge in [0, 0.05) is 18.0 Å². The number of hydrogen-bond acceptors (Lipinski definition) is 4. The molecule has 0 aliphatic rings. The van der Waals surface area contributed by atoms with Crippen LogP contribution in [0.2, 0.25) is 0 Å². The van der Waals surface area contributed by atoms with Crippen LogP contribution in [0.3, 0.4) is 0 Å². The van der Waals surface area contributed by atoms with E-state index in [1.54, 1.807) is 18.4 Å². The van der Waals surface area contributed by atoms with Gasteiger partial charge in [0.1, 0.15) is 0 Å². The molecular formula is C23H18N4S. The molecule has 136 valence electrons. The lowest BCUT2D eigenvalue weighted by Gasteiger charge is -2.09. The second-order valence-corrected chi connectivity index (χ2v) is 7.18. The minimum absolute atomic E-state index is 0.639. The third kappa shape index (κ3) is 3.26. The summed E-state index contributed by atoms with van der Waals surface area (Å²) in [5.41, 5.74) is 4.61. The van der Waals surface area contributed by atoms with Gasteiger partial charge in [0.15, 0.2) is 0 Å². The third-order valence-electron chi connectivity index (χ3n) is 4.62. The van der Waals surface area contributed by atoms with Crippen LogP contribution in [0.25, 0.3) is 22.0 Å². The van der Waals surface area contributed by atoms with E-state index in [2.05, 4.69) is 52.8 Å². The molecule has 0 radical (unpaired) electrons. The molecule has 0 fully saturated rings. The van der Waals surface area contributed by atoms with Crippen LogP contribution in [0.1, 0.15) is 18.1 Å².